The molecule has 27 heavy (non-hydrogen) atoms. The van der Waals surface area contributed by atoms with Crippen LogP contribution in [-0.4, -0.2) is 20.7 Å². The second-order valence-corrected chi connectivity index (χ2v) is 7.39. The summed E-state index contributed by atoms with van der Waals surface area (Å²) in [6.07, 6.45) is 1.53. The van der Waals surface area contributed by atoms with Gasteiger partial charge in [0.1, 0.15) is 12.2 Å². The molecule has 0 bridgehead atoms. The molecule has 1 N–H and O–H groups in total. The van der Waals surface area contributed by atoms with Crippen molar-refractivity contribution in [2.75, 3.05) is 5.32 Å². The Bertz CT molecular complexity index is 1180. The van der Waals surface area contributed by atoms with Crippen molar-refractivity contribution >= 4 is 44.7 Å². The molecule has 136 valence electrons. The normalized spacial score (nSPS) is 11.0. The van der Waals surface area contributed by atoms with Crippen LogP contribution in [0.3, 0.4) is 0 Å². The van der Waals surface area contributed by atoms with Gasteiger partial charge >= 0.3 is 0 Å². The molecule has 4 rings (SSSR count). The summed E-state index contributed by atoms with van der Waals surface area (Å²) in [5, 5.41) is 8.37. The Balaban J connectivity index is 1.71. The number of hydrogen-bond donors (Lipinski definition) is 1. The van der Waals surface area contributed by atoms with Crippen LogP contribution in [0.15, 0.2) is 51.9 Å². The first-order valence-electron chi connectivity index (χ1n) is 7.99. The third-order valence-corrected chi connectivity index (χ3v) is 5.01. The van der Waals surface area contributed by atoms with Gasteiger partial charge in [0.05, 0.1) is 16.0 Å². The molecule has 9 heteroatoms. The molecular formula is C18H13ClN4O3S. The van der Waals surface area contributed by atoms with E-state index in [9.17, 15) is 9.59 Å². The first-order chi connectivity index (χ1) is 13.0. The van der Waals surface area contributed by atoms with Gasteiger partial charge in [-0.15, -0.1) is 11.3 Å². The summed E-state index contributed by atoms with van der Waals surface area (Å²) in [5.41, 5.74) is 0.919. The zero-order valence-corrected chi connectivity index (χ0v) is 15.7. The van der Waals surface area contributed by atoms with Crippen LogP contribution in [0.1, 0.15) is 5.01 Å². The van der Waals surface area contributed by atoms with Crippen LogP contribution in [0.25, 0.3) is 21.7 Å². The Hall–Kier alpha value is -2.97. The van der Waals surface area contributed by atoms with E-state index in [0.717, 1.165) is 9.69 Å². The summed E-state index contributed by atoms with van der Waals surface area (Å²) in [6.45, 7) is 1.56. The highest BCUT2D eigenvalue weighted by Gasteiger charge is 2.19. The maximum atomic E-state index is 12.7. The molecule has 1 amide bonds. The number of carbonyl (C=O) groups excluding carboxylic acids is 1. The maximum Gasteiger partial charge on any atom is 0.294 e. The number of furan rings is 1. The molecule has 4 aromatic rings. The number of thiazole rings is 1. The first-order valence-corrected chi connectivity index (χ1v) is 9.18. The molecule has 0 atom stereocenters. The summed E-state index contributed by atoms with van der Waals surface area (Å²) in [6, 6.07) is 10.2. The minimum atomic E-state index is -0.420. The van der Waals surface area contributed by atoms with Crippen molar-refractivity contribution in [3.63, 3.8) is 0 Å². The smallest absolute Gasteiger partial charge is 0.294 e. The highest BCUT2D eigenvalue weighted by molar-refractivity contribution is 7.19. The third-order valence-electron chi connectivity index (χ3n) is 3.78. The van der Waals surface area contributed by atoms with Gasteiger partial charge in [0.25, 0.3) is 5.56 Å². The number of anilines is 1. The molecule has 0 saturated heterocycles. The van der Waals surface area contributed by atoms with Crippen LogP contribution in [0.4, 0.5) is 5.69 Å². The number of nitrogens with one attached hydrogen (secondary N) is 1. The summed E-state index contributed by atoms with van der Waals surface area (Å²) < 4.78 is 7.17. The lowest BCUT2D eigenvalue weighted by molar-refractivity contribution is -0.117. The SMILES string of the molecule is Cc1nc2c(=O)n(CC(=O)Nc3ccc(Cl)cc3)nc(-c3ccco3)c2s1. The number of aryl methyl sites for hydroxylation is 1. The number of carbonyl (C=O) groups is 1. The summed E-state index contributed by atoms with van der Waals surface area (Å²) in [7, 11) is 0. The summed E-state index contributed by atoms with van der Waals surface area (Å²) >= 11 is 7.20. The van der Waals surface area contributed by atoms with E-state index in [-0.39, 0.29) is 18.0 Å². The van der Waals surface area contributed by atoms with E-state index in [2.05, 4.69) is 15.4 Å². The van der Waals surface area contributed by atoms with E-state index >= 15 is 0 Å². The van der Waals surface area contributed by atoms with Crippen molar-refractivity contribution in [1.29, 1.82) is 0 Å². The Morgan fingerprint density at radius 1 is 1.30 bits per heavy atom. The lowest BCUT2D eigenvalue weighted by Crippen LogP contribution is -2.30. The molecule has 3 heterocycles. The zero-order valence-electron chi connectivity index (χ0n) is 14.1. The van der Waals surface area contributed by atoms with Crippen LogP contribution in [-0.2, 0) is 11.3 Å². The van der Waals surface area contributed by atoms with Crippen LogP contribution in [0.2, 0.25) is 5.02 Å². The molecule has 7 nitrogen and oxygen atoms in total. The number of fused-ring (bicyclic) bond motifs is 1. The average molecular weight is 401 g/mol. The van der Waals surface area contributed by atoms with Crippen molar-refractivity contribution in [1.82, 2.24) is 14.8 Å². The molecule has 0 spiro atoms. The molecular weight excluding hydrogens is 388 g/mol. The zero-order chi connectivity index (χ0) is 19.0. The van der Waals surface area contributed by atoms with Gasteiger partial charge in [-0.05, 0) is 43.3 Å². The lowest BCUT2D eigenvalue weighted by Gasteiger charge is -2.08. The molecule has 0 aliphatic rings. The molecule has 0 radical (unpaired) electrons. The highest BCUT2D eigenvalue weighted by atomic mass is 35.5. The average Bonchev–Trinajstić information content (AvgIpc) is 3.29. The molecule has 0 aliphatic heterocycles. The van der Waals surface area contributed by atoms with Crippen LogP contribution in [0.5, 0.6) is 0 Å². The minimum absolute atomic E-state index is 0.248. The third kappa shape index (κ3) is 3.49. The Labute approximate surface area is 162 Å². The van der Waals surface area contributed by atoms with Crippen molar-refractivity contribution in [2.45, 2.75) is 13.5 Å². The molecule has 0 unspecified atom stereocenters. The molecule has 3 aromatic heterocycles. The predicted octanol–water partition coefficient (Wildman–Crippen LogP) is 3.71. The minimum Gasteiger partial charge on any atom is -0.463 e. The predicted molar refractivity (Wildman–Crippen MR) is 104 cm³/mol. The number of hydrogen-bond acceptors (Lipinski definition) is 6. The van der Waals surface area contributed by atoms with Crippen LogP contribution in [0, 0.1) is 6.92 Å². The monoisotopic (exact) mass is 400 g/mol. The Morgan fingerprint density at radius 3 is 2.78 bits per heavy atom. The topological polar surface area (TPSA) is 90.0 Å². The van der Waals surface area contributed by atoms with Gasteiger partial charge in [-0.1, -0.05) is 11.6 Å². The van der Waals surface area contributed by atoms with Gasteiger partial charge < -0.3 is 9.73 Å². The quantitative estimate of drug-likeness (QED) is 0.564. The fraction of sp³-hybridized carbons (Fsp3) is 0.111. The molecule has 0 saturated carbocycles. The van der Waals surface area contributed by atoms with Gasteiger partial charge in [0, 0.05) is 10.7 Å². The number of halogens is 1. The van der Waals surface area contributed by atoms with Crippen molar-refractivity contribution in [3.05, 3.63) is 63.0 Å². The van der Waals surface area contributed by atoms with Gasteiger partial charge in [-0.3, -0.25) is 9.59 Å². The number of amides is 1. The fourth-order valence-electron chi connectivity index (χ4n) is 2.62. The van der Waals surface area contributed by atoms with Crippen molar-refractivity contribution in [2.24, 2.45) is 0 Å². The van der Waals surface area contributed by atoms with Gasteiger partial charge in [-0.2, -0.15) is 5.10 Å². The number of aromatic nitrogens is 3. The number of nitrogens with zero attached hydrogens (tertiary/aromatic N) is 3. The number of rotatable bonds is 4. The number of benzene rings is 1. The van der Waals surface area contributed by atoms with Gasteiger partial charge in [0.2, 0.25) is 5.91 Å². The lowest BCUT2D eigenvalue weighted by atomic mass is 10.3. The van der Waals surface area contributed by atoms with Crippen LogP contribution >= 0.6 is 22.9 Å². The van der Waals surface area contributed by atoms with E-state index in [1.165, 1.54) is 17.6 Å². The fourth-order valence-corrected chi connectivity index (χ4v) is 3.64. The standard InChI is InChI=1S/C18H13ClN4O3S/c1-10-20-16-17(27-10)15(13-3-2-8-26-13)22-23(18(16)25)9-14(24)21-12-6-4-11(19)5-7-12/h2-8H,9H2,1H3,(H,21,24). The second-order valence-electron chi connectivity index (χ2n) is 5.75. The van der Waals surface area contributed by atoms with E-state index in [1.807, 2.05) is 6.92 Å². The second kappa shape index (κ2) is 6.98. The maximum absolute atomic E-state index is 12.7. The Morgan fingerprint density at radius 2 is 2.07 bits per heavy atom. The van der Waals surface area contributed by atoms with Crippen molar-refractivity contribution < 1.29 is 9.21 Å². The Kier molecular flexibility index (Phi) is 4.51. The van der Waals surface area contributed by atoms with Gasteiger partial charge in [-0.25, -0.2) is 9.67 Å². The van der Waals surface area contributed by atoms with E-state index in [4.69, 9.17) is 16.0 Å². The molecule has 0 fully saturated rings. The van der Waals surface area contributed by atoms with E-state index in [0.29, 0.717) is 26.9 Å². The van der Waals surface area contributed by atoms with Crippen molar-refractivity contribution in [3.8, 4) is 11.5 Å². The summed E-state index contributed by atoms with van der Waals surface area (Å²) in [4.78, 5) is 29.4. The van der Waals surface area contributed by atoms with E-state index < -0.39 is 5.56 Å². The summed E-state index contributed by atoms with van der Waals surface area (Å²) in [5.74, 6) is 0.124. The van der Waals surface area contributed by atoms with Gasteiger partial charge in [0.15, 0.2) is 11.3 Å². The molecule has 1 aromatic carbocycles. The first kappa shape index (κ1) is 17.4. The van der Waals surface area contributed by atoms with E-state index in [1.54, 1.807) is 36.4 Å². The van der Waals surface area contributed by atoms with Crippen LogP contribution < -0.4 is 10.9 Å². The largest absolute Gasteiger partial charge is 0.463 e. The highest BCUT2D eigenvalue weighted by Crippen LogP contribution is 2.29. The molecule has 0 aliphatic carbocycles.